The van der Waals surface area contributed by atoms with Gasteiger partial charge in [0.2, 0.25) is 0 Å². The number of hydrogen-bond acceptors (Lipinski definition) is 2. The van der Waals surface area contributed by atoms with Gasteiger partial charge in [0.1, 0.15) is 0 Å². The van der Waals surface area contributed by atoms with Crippen molar-refractivity contribution >= 4 is 37.3 Å². The first-order valence-corrected chi connectivity index (χ1v) is 15.4. The van der Waals surface area contributed by atoms with Crippen molar-refractivity contribution in [2.75, 3.05) is 0 Å². The van der Waals surface area contributed by atoms with Crippen LogP contribution in [0.3, 0.4) is 0 Å². The Hall–Kier alpha value is -0.796. The van der Waals surface area contributed by atoms with Crippen LogP contribution in [0.2, 0.25) is 11.1 Å². The summed E-state index contributed by atoms with van der Waals surface area (Å²) in [7, 11) is -0.0206. The van der Waals surface area contributed by atoms with Crippen LogP contribution < -0.4 is 4.46 Å². The fraction of sp³-hybridized carbons (Fsp3) is 0.655. The van der Waals surface area contributed by atoms with Crippen LogP contribution in [0.5, 0.6) is 0 Å². The Morgan fingerprint density at radius 2 is 1.52 bits per heavy atom. The molecule has 2 aliphatic rings. The molecule has 0 N–H and O–H groups in total. The predicted molar refractivity (Wildman–Crippen MR) is 144 cm³/mol. The molecule has 4 heteroatoms. The molecule has 2 nitrogen and oxygen atoms in total. The van der Waals surface area contributed by atoms with E-state index < -0.39 is 0 Å². The Balaban J connectivity index is 1.23. The summed E-state index contributed by atoms with van der Waals surface area (Å²) in [5, 5.41) is 4.19. The van der Waals surface area contributed by atoms with Gasteiger partial charge in [0.15, 0.2) is 0 Å². The number of unbranched alkanes of at least 4 members (excludes halogenated alkanes) is 3. The summed E-state index contributed by atoms with van der Waals surface area (Å²) in [6.07, 6.45) is 13.5. The number of rotatable bonds is 10. The summed E-state index contributed by atoms with van der Waals surface area (Å²) in [5.74, 6) is 1.34. The van der Waals surface area contributed by atoms with Gasteiger partial charge in [-0.15, -0.1) is 0 Å². The second kappa shape index (κ2) is 11.3. The molecule has 0 bridgehead atoms. The molecule has 0 radical (unpaired) electrons. The van der Waals surface area contributed by atoms with Crippen LogP contribution in [-0.2, 0) is 9.31 Å². The second-order valence-corrected chi connectivity index (χ2v) is 13.6. The molecule has 2 aromatic rings. The number of benzene rings is 2. The molecule has 1 heterocycles. The standard InChI is InChI=1S/C29H43BO2Se/c1-28(2)29(3,4)32-30(31-28)26(24-16-8-7-9-17-24)20-10-5-6-13-22-33-27-21-14-18-23-15-11-12-19-25(23)27/h11-12,14-15,18-19,21,24,26H,5-10,13,16-17,20,22H2,1-4H3. The van der Waals surface area contributed by atoms with E-state index in [-0.39, 0.29) is 18.3 Å². The monoisotopic (exact) mass is 514 g/mol. The topological polar surface area (TPSA) is 18.5 Å². The van der Waals surface area contributed by atoms with Crippen molar-refractivity contribution in [1.29, 1.82) is 0 Å². The Bertz CT molecular complexity index is 869. The average molecular weight is 513 g/mol. The van der Waals surface area contributed by atoms with Gasteiger partial charge in [-0.3, -0.25) is 0 Å². The molecular weight excluding hydrogens is 470 g/mol. The van der Waals surface area contributed by atoms with Crippen molar-refractivity contribution in [2.24, 2.45) is 5.92 Å². The Kier molecular flexibility index (Phi) is 8.66. The minimum atomic E-state index is -0.214. The first kappa shape index (κ1) is 25.3. The van der Waals surface area contributed by atoms with Gasteiger partial charge in [-0.05, 0) is 0 Å². The van der Waals surface area contributed by atoms with Gasteiger partial charge in [0, 0.05) is 0 Å². The molecule has 2 aromatic carbocycles. The summed E-state index contributed by atoms with van der Waals surface area (Å²) in [4.78, 5) is 0. The van der Waals surface area contributed by atoms with Crippen molar-refractivity contribution in [3.63, 3.8) is 0 Å². The predicted octanol–water partition coefficient (Wildman–Crippen LogP) is 7.58. The van der Waals surface area contributed by atoms with Crippen LogP contribution in [0, 0.1) is 5.92 Å². The second-order valence-electron chi connectivity index (χ2n) is 11.2. The Labute approximate surface area is 208 Å². The van der Waals surface area contributed by atoms with Crippen molar-refractivity contribution in [2.45, 2.75) is 114 Å². The Morgan fingerprint density at radius 3 is 2.27 bits per heavy atom. The van der Waals surface area contributed by atoms with Gasteiger partial charge in [-0.2, -0.15) is 0 Å². The van der Waals surface area contributed by atoms with E-state index in [1.54, 1.807) is 4.46 Å². The summed E-state index contributed by atoms with van der Waals surface area (Å²) < 4.78 is 14.6. The minimum absolute atomic E-state index is 0.0206. The fourth-order valence-electron chi connectivity index (χ4n) is 5.56. The molecule has 0 spiro atoms. The van der Waals surface area contributed by atoms with Crippen LogP contribution >= 0.6 is 0 Å². The molecule has 2 fully saturated rings. The quantitative estimate of drug-likeness (QED) is 0.241. The Morgan fingerprint density at radius 1 is 0.848 bits per heavy atom. The third kappa shape index (κ3) is 6.26. The fourth-order valence-corrected chi connectivity index (χ4v) is 7.83. The van der Waals surface area contributed by atoms with E-state index in [2.05, 4.69) is 70.2 Å². The molecule has 33 heavy (non-hydrogen) atoms. The summed E-state index contributed by atoms with van der Waals surface area (Å²) in [6, 6.07) is 15.6. The van der Waals surface area contributed by atoms with Gasteiger partial charge < -0.3 is 0 Å². The molecule has 1 saturated heterocycles. The van der Waals surface area contributed by atoms with E-state index in [9.17, 15) is 0 Å². The molecule has 0 amide bonds. The van der Waals surface area contributed by atoms with Crippen molar-refractivity contribution in [3.05, 3.63) is 42.5 Å². The van der Waals surface area contributed by atoms with Gasteiger partial charge in [-0.25, -0.2) is 0 Å². The maximum absolute atomic E-state index is 6.54. The third-order valence-electron chi connectivity index (χ3n) is 8.32. The van der Waals surface area contributed by atoms with Crippen molar-refractivity contribution in [3.8, 4) is 0 Å². The van der Waals surface area contributed by atoms with Crippen LogP contribution in [0.4, 0.5) is 0 Å². The molecule has 1 atom stereocenters. The zero-order valence-electron chi connectivity index (χ0n) is 21.3. The van der Waals surface area contributed by atoms with Gasteiger partial charge in [0.05, 0.1) is 0 Å². The molecule has 1 unspecified atom stereocenters. The average Bonchev–Trinajstić information content (AvgIpc) is 3.02. The normalized spacial score (nSPS) is 21.5. The maximum atomic E-state index is 6.54. The van der Waals surface area contributed by atoms with E-state index >= 15 is 0 Å². The SMILES string of the molecule is CC1(C)OB(C(CCCCCC[Se]c2cccc3ccccc23)C2CCCCC2)OC1(C)C. The van der Waals surface area contributed by atoms with Crippen LogP contribution in [0.1, 0.15) is 91.9 Å². The van der Waals surface area contributed by atoms with Crippen LogP contribution in [0.15, 0.2) is 42.5 Å². The van der Waals surface area contributed by atoms with Gasteiger partial charge in [0.25, 0.3) is 0 Å². The van der Waals surface area contributed by atoms with Crippen molar-refractivity contribution < 1.29 is 9.31 Å². The summed E-state index contributed by atoms with van der Waals surface area (Å²) in [5.41, 5.74) is -0.428. The zero-order chi connectivity index (χ0) is 23.3. The first-order chi connectivity index (χ1) is 15.9. The van der Waals surface area contributed by atoms with Crippen LogP contribution in [0.25, 0.3) is 10.8 Å². The van der Waals surface area contributed by atoms with E-state index in [1.165, 1.54) is 80.3 Å². The van der Waals surface area contributed by atoms with Gasteiger partial charge >= 0.3 is 209 Å². The van der Waals surface area contributed by atoms with E-state index in [4.69, 9.17) is 9.31 Å². The number of hydrogen-bond donors (Lipinski definition) is 0. The molecule has 0 aromatic heterocycles. The first-order valence-electron chi connectivity index (χ1n) is 13.3. The van der Waals surface area contributed by atoms with E-state index in [0.717, 1.165) is 5.92 Å². The molecule has 180 valence electrons. The number of fused-ring (bicyclic) bond motifs is 1. The van der Waals surface area contributed by atoms with Gasteiger partial charge in [-0.1, -0.05) is 0 Å². The molecule has 4 rings (SSSR count). The van der Waals surface area contributed by atoms with E-state index in [1.807, 2.05) is 0 Å². The zero-order valence-corrected chi connectivity index (χ0v) is 23.0. The third-order valence-corrected chi connectivity index (χ3v) is 10.7. The summed E-state index contributed by atoms with van der Waals surface area (Å²) in [6.45, 7) is 8.79. The molecular formula is C29H43BO2Se. The molecule has 1 aliphatic heterocycles. The summed E-state index contributed by atoms with van der Waals surface area (Å²) >= 11 is 0.578. The van der Waals surface area contributed by atoms with Crippen LogP contribution in [-0.4, -0.2) is 33.3 Å². The van der Waals surface area contributed by atoms with E-state index in [0.29, 0.717) is 20.8 Å². The van der Waals surface area contributed by atoms with Crippen molar-refractivity contribution in [1.82, 2.24) is 0 Å². The molecule has 1 saturated carbocycles. The molecule has 1 aliphatic carbocycles.